The molecule has 5 heteroatoms. The van der Waals surface area contributed by atoms with Crippen molar-refractivity contribution in [3.05, 3.63) is 24.4 Å². The van der Waals surface area contributed by atoms with Crippen LogP contribution in [0.15, 0.2) is 24.4 Å². The summed E-state index contributed by atoms with van der Waals surface area (Å²) in [6, 6.07) is 5.56. The lowest BCUT2D eigenvalue weighted by atomic mass is 10.1. The van der Waals surface area contributed by atoms with E-state index in [1.807, 2.05) is 37.5 Å². The van der Waals surface area contributed by atoms with Crippen LogP contribution in [0.5, 0.6) is 5.88 Å². The first-order valence-electron chi connectivity index (χ1n) is 5.85. The highest BCUT2D eigenvalue weighted by molar-refractivity contribution is 6.15. The van der Waals surface area contributed by atoms with E-state index in [0.717, 1.165) is 11.0 Å². The lowest BCUT2D eigenvalue weighted by molar-refractivity contribution is 0.277. The van der Waals surface area contributed by atoms with Crippen LogP contribution < -0.4 is 0 Å². The number of aromatic hydroxyl groups is 1. The van der Waals surface area contributed by atoms with Crippen LogP contribution in [0.4, 0.5) is 0 Å². The molecule has 0 fully saturated rings. The van der Waals surface area contributed by atoms with E-state index in [2.05, 4.69) is 21.3 Å². The quantitative estimate of drug-likeness (QED) is 0.753. The fourth-order valence-corrected chi connectivity index (χ4v) is 1.68. The lowest BCUT2D eigenvalue weighted by Crippen LogP contribution is -2.21. The van der Waals surface area contributed by atoms with Crippen LogP contribution >= 0.6 is 11.6 Å². The van der Waals surface area contributed by atoms with Gasteiger partial charge in [-0.2, -0.15) is 0 Å². The van der Waals surface area contributed by atoms with Crippen molar-refractivity contribution in [2.75, 3.05) is 20.6 Å². The van der Waals surface area contributed by atoms with Crippen molar-refractivity contribution < 1.29 is 9.84 Å². The molecule has 2 heterocycles. The van der Waals surface area contributed by atoms with Crippen molar-refractivity contribution in [2.24, 2.45) is 0 Å². The normalized spacial score (nSPS) is 10.3. The van der Waals surface area contributed by atoms with Crippen LogP contribution in [0.2, 0.25) is 0 Å². The molecule has 108 valence electrons. The van der Waals surface area contributed by atoms with Crippen molar-refractivity contribution in [1.82, 2.24) is 9.55 Å². The second-order valence-electron chi connectivity index (χ2n) is 4.83. The molecule has 2 aromatic rings. The second kappa shape index (κ2) is 8.02. The van der Waals surface area contributed by atoms with E-state index in [9.17, 15) is 5.11 Å². The molecule has 0 aromatic carbocycles. The fourth-order valence-electron chi connectivity index (χ4n) is 1.68. The zero-order valence-corrected chi connectivity index (χ0v) is 13.2. The Labute approximate surface area is 120 Å². The summed E-state index contributed by atoms with van der Waals surface area (Å²) in [4.78, 5) is 4.27. The maximum absolute atomic E-state index is 9.79. The molecule has 0 spiro atoms. The van der Waals surface area contributed by atoms with Gasteiger partial charge in [0.05, 0.1) is 0 Å². The number of rotatable bonds is 0. The van der Waals surface area contributed by atoms with E-state index in [1.54, 1.807) is 26.5 Å². The Morgan fingerprint density at radius 2 is 1.79 bits per heavy atom. The highest BCUT2D eigenvalue weighted by atomic mass is 35.5. The zero-order chi connectivity index (χ0) is 15.1. The van der Waals surface area contributed by atoms with Crippen molar-refractivity contribution >= 4 is 22.6 Å². The molecule has 0 aliphatic rings. The molecule has 0 aliphatic carbocycles. The van der Waals surface area contributed by atoms with Gasteiger partial charge in [0.1, 0.15) is 5.65 Å². The minimum atomic E-state index is -0.153. The van der Waals surface area contributed by atoms with Crippen LogP contribution in [0.1, 0.15) is 20.8 Å². The van der Waals surface area contributed by atoms with Crippen molar-refractivity contribution in [2.45, 2.75) is 26.3 Å². The summed E-state index contributed by atoms with van der Waals surface area (Å²) in [5, 5.41) is 10.8. The summed E-state index contributed by atoms with van der Waals surface area (Å²) in [6.07, 6.45) is 3.21. The van der Waals surface area contributed by atoms with Crippen LogP contribution in [0, 0.1) is 0 Å². The lowest BCUT2D eigenvalue weighted by Gasteiger charge is -2.22. The molecule has 2 rings (SSSR count). The molecule has 4 nitrogen and oxygen atoms in total. The number of nitrogens with zero attached hydrogens (tertiary/aromatic N) is 2. The molecular weight excluding hydrogens is 264 g/mol. The molecule has 0 saturated heterocycles. The monoisotopic (exact) mass is 286 g/mol. The van der Waals surface area contributed by atoms with E-state index in [1.165, 1.54) is 6.38 Å². The maximum atomic E-state index is 9.79. The number of ether oxygens (including phenoxy) is 1. The van der Waals surface area contributed by atoms with Gasteiger partial charge in [0.15, 0.2) is 5.88 Å². The predicted molar refractivity (Wildman–Crippen MR) is 81.1 cm³/mol. The summed E-state index contributed by atoms with van der Waals surface area (Å²) in [5.41, 5.74) is 0.678. The van der Waals surface area contributed by atoms with Crippen LogP contribution in [-0.4, -0.2) is 35.3 Å². The van der Waals surface area contributed by atoms with Gasteiger partial charge in [-0.25, -0.2) is 4.98 Å². The minimum Gasteiger partial charge on any atom is -0.494 e. The molecule has 0 saturated carbocycles. The van der Waals surface area contributed by atoms with Crippen LogP contribution in [0.25, 0.3) is 11.0 Å². The highest BCUT2D eigenvalue weighted by Gasteiger charge is 2.20. The molecule has 0 radical (unpaired) electrons. The fraction of sp³-hybridized carbons (Fsp3) is 0.500. The van der Waals surface area contributed by atoms with Gasteiger partial charge in [-0.15, -0.1) is 11.6 Å². The Balaban J connectivity index is 0.000000573. The first-order chi connectivity index (χ1) is 8.91. The molecular formula is C14H23ClN2O2. The molecule has 0 atom stereocenters. The summed E-state index contributed by atoms with van der Waals surface area (Å²) in [7, 11) is 3.25. The Morgan fingerprint density at radius 3 is 2.26 bits per heavy atom. The van der Waals surface area contributed by atoms with Crippen LogP contribution in [0.3, 0.4) is 0 Å². The Morgan fingerprint density at radius 1 is 1.26 bits per heavy atom. The Kier molecular flexibility index (Phi) is 7.49. The maximum Gasteiger partial charge on any atom is 0.193 e. The standard InChI is InChI=1S/C11H14N2O.C2H6O.CH3Cl/c1-11(2,3)13-9(14)7-8-5-4-6-12-10(8)13;1-3-2;1-2/h4-7,14H,1-3H3;1-2H3;1H3. The van der Waals surface area contributed by atoms with Crippen molar-refractivity contribution in [1.29, 1.82) is 0 Å². The van der Waals surface area contributed by atoms with E-state index in [0.29, 0.717) is 0 Å². The first-order valence-corrected chi connectivity index (χ1v) is 6.61. The van der Waals surface area contributed by atoms with Crippen molar-refractivity contribution in [3.8, 4) is 5.88 Å². The largest absolute Gasteiger partial charge is 0.494 e. The molecule has 2 aromatic heterocycles. The van der Waals surface area contributed by atoms with Gasteiger partial charge in [-0.1, -0.05) is 0 Å². The average molecular weight is 287 g/mol. The van der Waals surface area contributed by atoms with E-state index < -0.39 is 0 Å². The second-order valence-corrected chi connectivity index (χ2v) is 4.83. The summed E-state index contributed by atoms with van der Waals surface area (Å²) >= 11 is 4.64. The Hall–Kier alpha value is -1.26. The molecule has 0 aliphatic heterocycles. The highest BCUT2D eigenvalue weighted by Crippen LogP contribution is 2.29. The number of hydrogen-bond acceptors (Lipinski definition) is 3. The number of pyridine rings is 1. The van der Waals surface area contributed by atoms with Gasteiger partial charge in [0.25, 0.3) is 0 Å². The molecule has 0 bridgehead atoms. The predicted octanol–water partition coefficient (Wildman–Crippen LogP) is 3.61. The van der Waals surface area contributed by atoms with E-state index in [4.69, 9.17) is 0 Å². The average Bonchev–Trinajstić information content (AvgIpc) is 2.68. The molecule has 19 heavy (non-hydrogen) atoms. The Bertz CT molecular complexity index is 490. The summed E-state index contributed by atoms with van der Waals surface area (Å²) in [6.45, 7) is 6.13. The number of fused-ring (bicyclic) bond motifs is 1. The number of methoxy groups -OCH3 is 1. The van der Waals surface area contributed by atoms with Crippen LogP contribution in [-0.2, 0) is 10.3 Å². The van der Waals surface area contributed by atoms with E-state index in [-0.39, 0.29) is 11.4 Å². The molecule has 0 unspecified atom stereocenters. The topological polar surface area (TPSA) is 47.3 Å². The van der Waals surface area contributed by atoms with E-state index >= 15 is 0 Å². The van der Waals surface area contributed by atoms with Gasteiger partial charge in [0, 0.05) is 43.8 Å². The number of halogens is 1. The van der Waals surface area contributed by atoms with Gasteiger partial charge in [0.2, 0.25) is 0 Å². The van der Waals surface area contributed by atoms with Gasteiger partial charge < -0.3 is 9.84 Å². The first kappa shape index (κ1) is 17.7. The third kappa shape index (κ3) is 4.73. The number of alkyl halides is 1. The SMILES string of the molecule is CC(C)(C)n1c(O)cc2cccnc21.CCl.COC. The number of aromatic nitrogens is 2. The van der Waals surface area contributed by atoms with Gasteiger partial charge in [-0.3, -0.25) is 4.57 Å². The third-order valence-electron chi connectivity index (χ3n) is 2.21. The molecule has 1 N–H and O–H groups in total. The summed E-state index contributed by atoms with van der Waals surface area (Å²) in [5.74, 6) is 0.270. The smallest absolute Gasteiger partial charge is 0.193 e. The minimum absolute atomic E-state index is 0.153. The van der Waals surface area contributed by atoms with Gasteiger partial charge in [-0.05, 0) is 32.9 Å². The van der Waals surface area contributed by atoms with Gasteiger partial charge >= 0.3 is 0 Å². The number of hydrogen-bond donors (Lipinski definition) is 1. The molecule has 0 amide bonds. The van der Waals surface area contributed by atoms with Crippen molar-refractivity contribution in [3.63, 3.8) is 0 Å². The third-order valence-corrected chi connectivity index (χ3v) is 2.21. The zero-order valence-electron chi connectivity index (χ0n) is 12.4. The summed E-state index contributed by atoms with van der Waals surface area (Å²) < 4.78 is 6.09.